The fourth-order valence-electron chi connectivity index (χ4n) is 2.23. The van der Waals surface area contributed by atoms with Gasteiger partial charge in [-0.3, -0.25) is 9.48 Å². The van der Waals surface area contributed by atoms with Gasteiger partial charge < -0.3 is 5.32 Å². The van der Waals surface area contributed by atoms with E-state index in [0.29, 0.717) is 12.8 Å². The average molecular weight is 287 g/mol. The maximum Gasteiger partial charge on any atom is 0.224 e. The lowest BCUT2D eigenvalue weighted by Crippen LogP contribution is -2.12. The van der Waals surface area contributed by atoms with Gasteiger partial charge in [-0.05, 0) is 42.9 Å². The van der Waals surface area contributed by atoms with E-state index >= 15 is 0 Å². The van der Waals surface area contributed by atoms with Crippen molar-refractivity contribution in [1.29, 1.82) is 0 Å². The molecule has 2 aromatic rings. The minimum atomic E-state index is -0.258. The normalized spacial score (nSPS) is 14.1. The van der Waals surface area contributed by atoms with Crippen molar-refractivity contribution in [3.8, 4) is 0 Å². The van der Waals surface area contributed by atoms with Crippen molar-refractivity contribution >= 4 is 11.6 Å². The van der Waals surface area contributed by atoms with Crippen LogP contribution in [0.15, 0.2) is 36.7 Å². The molecule has 1 aliphatic carbocycles. The van der Waals surface area contributed by atoms with Crippen LogP contribution >= 0.6 is 0 Å². The van der Waals surface area contributed by atoms with Gasteiger partial charge in [-0.2, -0.15) is 5.10 Å². The first kappa shape index (κ1) is 13.8. The van der Waals surface area contributed by atoms with Crippen molar-refractivity contribution < 1.29 is 9.18 Å². The van der Waals surface area contributed by atoms with Crippen LogP contribution in [0.25, 0.3) is 0 Å². The first-order valence-corrected chi connectivity index (χ1v) is 7.26. The highest BCUT2D eigenvalue weighted by Crippen LogP contribution is 2.30. The van der Waals surface area contributed by atoms with Crippen molar-refractivity contribution in [2.24, 2.45) is 5.92 Å². The van der Waals surface area contributed by atoms with Crippen LogP contribution in [0.2, 0.25) is 0 Å². The highest BCUT2D eigenvalue weighted by molar-refractivity contribution is 5.90. The molecule has 1 aliphatic rings. The fourth-order valence-corrected chi connectivity index (χ4v) is 2.23. The lowest BCUT2D eigenvalue weighted by molar-refractivity contribution is -0.116. The lowest BCUT2D eigenvalue weighted by Gasteiger charge is -2.03. The molecule has 0 spiro atoms. The molecule has 4 nitrogen and oxygen atoms in total. The average Bonchev–Trinajstić information content (AvgIpc) is 3.17. The van der Waals surface area contributed by atoms with Gasteiger partial charge in [0, 0.05) is 19.2 Å². The van der Waals surface area contributed by atoms with E-state index in [-0.39, 0.29) is 11.7 Å². The maximum absolute atomic E-state index is 12.8. The molecular formula is C16H18FN3O. The fraction of sp³-hybridized carbons (Fsp3) is 0.375. The number of hydrogen-bond donors (Lipinski definition) is 1. The summed E-state index contributed by atoms with van der Waals surface area (Å²) < 4.78 is 14.7. The van der Waals surface area contributed by atoms with Gasteiger partial charge in [0.05, 0.1) is 11.9 Å². The molecule has 5 heteroatoms. The number of carbonyl (C=O) groups is 1. The summed E-state index contributed by atoms with van der Waals surface area (Å²) in [4.78, 5) is 11.9. The molecule has 0 unspecified atom stereocenters. The van der Waals surface area contributed by atoms with E-state index in [9.17, 15) is 9.18 Å². The molecule has 0 atom stereocenters. The summed E-state index contributed by atoms with van der Waals surface area (Å²) in [6.45, 7) is 0.936. The van der Waals surface area contributed by atoms with Crippen molar-refractivity contribution in [1.82, 2.24) is 9.78 Å². The number of aromatic nitrogens is 2. The van der Waals surface area contributed by atoms with Gasteiger partial charge in [-0.15, -0.1) is 0 Å². The molecule has 1 aromatic heterocycles. The van der Waals surface area contributed by atoms with Gasteiger partial charge in [-0.25, -0.2) is 4.39 Å². The second kappa shape index (κ2) is 6.08. The number of halogens is 1. The predicted molar refractivity (Wildman–Crippen MR) is 78.3 cm³/mol. The van der Waals surface area contributed by atoms with E-state index < -0.39 is 0 Å². The van der Waals surface area contributed by atoms with Crippen LogP contribution in [-0.4, -0.2) is 15.7 Å². The zero-order valence-corrected chi connectivity index (χ0v) is 11.8. The van der Waals surface area contributed by atoms with Gasteiger partial charge >= 0.3 is 0 Å². The van der Waals surface area contributed by atoms with E-state index in [2.05, 4.69) is 10.4 Å². The summed E-state index contributed by atoms with van der Waals surface area (Å²) in [5.41, 5.74) is 1.69. The van der Waals surface area contributed by atoms with Crippen molar-refractivity contribution in [3.63, 3.8) is 0 Å². The SMILES string of the molecule is O=C(CCc1ccc(F)cc1)Nc1cnn(CC2CC2)c1. The minimum absolute atomic E-state index is 0.0507. The van der Waals surface area contributed by atoms with Crippen molar-refractivity contribution in [2.45, 2.75) is 32.2 Å². The van der Waals surface area contributed by atoms with Gasteiger partial charge in [0.15, 0.2) is 0 Å². The third-order valence-corrected chi connectivity index (χ3v) is 3.61. The number of nitrogens with zero attached hydrogens (tertiary/aromatic N) is 2. The highest BCUT2D eigenvalue weighted by atomic mass is 19.1. The van der Waals surface area contributed by atoms with Crippen LogP contribution in [0.3, 0.4) is 0 Å². The Morgan fingerprint density at radius 2 is 2.10 bits per heavy atom. The molecule has 1 amide bonds. The quantitative estimate of drug-likeness (QED) is 0.887. The van der Waals surface area contributed by atoms with Crippen LogP contribution in [0.4, 0.5) is 10.1 Å². The van der Waals surface area contributed by atoms with Crippen LogP contribution in [0.5, 0.6) is 0 Å². The Kier molecular flexibility index (Phi) is 3.99. The standard InChI is InChI=1S/C16H18FN3O/c17-14-6-3-12(4-7-14)5-8-16(21)19-15-9-18-20(11-15)10-13-1-2-13/h3-4,6-7,9,11,13H,1-2,5,8,10H2,(H,19,21). The Morgan fingerprint density at radius 1 is 1.33 bits per heavy atom. The van der Waals surface area contributed by atoms with Gasteiger partial charge in [0.2, 0.25) is 5.91 Å². The molecule has 0 saturated heterocycles. The maximum atomic E-state index is 12.8. The summed E-state index contributed by atoms with van der Waals surface area (Å²) in [6.07, 6.45) is 7.08. The molecule has 1 heterocycles. The van der Waals surface area contributed by atoms with Gasteiger partial charge in [-0.1, -0.05) is 12.1 Å². The van der Waals surface area contributed by atoms with Crippen LogP contribution < -0.4 is 5.32 Å². The van der Waals surface area contributed by atoms with Crippen LogP contribution in [-0.2, 0) is 17.8 Å². The first-order valence-electron chi connectivity index (χ1n) is 7.26. The highest BCUT2D eigenvalue weighted by Gasteiger charge is 2.22. The number of carbonyl (C=O) groups excluding carboxylic acids is 1. The van der Waals surface area contributed by atoms with Crippen LogP contribution in [0, 0.1) is 11.7 Å². The summed E-state index contributed by atoms with van der Waals surface area (Å²) in [5.74, 6) is 0.448. The minimum Gasteiger partial charge on any atom is -0.323 e. The number of nitrogens with one attached hydrogen (secondary N) is 1. The topological polar surface area (TPSA) is 46.9 Å². The van der Waals surface area contributed by atoms with Crippen molar-refractivity contribution in [3.05, 3.63) is 48.0 Å². The monoisotopic (exact) mass is 287 g/mol. The predicted octanol–water partition coefficient (Wildman–Crippen LogP) is 3.00. The molecular weight excluding hydrogens is 269 g/mol. The molecule has 1 fully saturated rings. The first-order chi connectivity index (χ1) is 10.2. The third-order valence-electron chi connectivity index (χ3n) is 3.61. The molecule has 1 N–H and O–H groups in total. The van der Waals surface area contributed by atoms with E-state index in [0.717, 1.165) is 23.7 Å². The summed E-state index contributed by atoms with van der Waals surface area (Å²) in [7, 11) is 0. The Bertz CT molecular complexity index is 617. The van der Waals surface area contributed by atoms with E-state index in [1.54, 1.807) is 18.3 Å². The van der Waals surface area contributed by atoms with E-state index in [1.165, 1.54) is 25.0 Å². The summed E-state index contributed by atoms with van der Waals surface area (Å²) in [6, 6.07) is 6.23. The summed E-state index contributed by atoms with van der Waals surface area (Å²) >= 11 is 0. The summed E-state index contributed by atoms with van der Waals surface area (Å²) in [5, 5.41) is 7.08. The van der Waals surface area contributed by atoms with Gasteiger partial charge in [0.25, 0.3) is 0 Å². The molecule has 21 heavy (non-hydrogen) atoms. The second-order valence-corrected chi connectivity index (χ2v) is 5.57. The number of amides is 1. The number of rotatable bonds is 6. The Hall–Kier alpha value is -2.17. The molecule has 1 aromatic carbocycles. The Balaban J connectivity index is 1.46. The number of benzene rings is 1. The molecule has 0 radical (unpaired) electrons. The Labute approximate surface area is 123 Å². The molecule has 0 aliphatic heterocycles. The van der Waals surface area contributed by atoms with Crippen LogP contribution in [0.1, 0.15) is 24.8 Å². The molecule has 0 bridgehead atoms. The molecule has 1 saturated carbocycles. The largest absolute Gasteiger partial charge is 0.323 e. The number of aryl methyl sites for hydroxylation is 1. The smallest absolute Gasteiger partial charge is 0.224 e. The van der Waals surface area contributed by atoms with Gasteiger partial charge in [0.1, 0.15) is 5.82 Å². The third kappa shape index (κ3) is 4.15. The van der Waals surface area contributed by atoms with Crippen molar-refractivity contribution in [2.75, 3.05) is 5.32 Å². The number of hydrogen-bond acceptors (Lipinski definition) is 2. The molecule has 3 rings (SSSR count). The zero-order chi connectivity index (χ0) is 14.7. The van der Waals surface area contributed by atoms with E-state index in [1.807, 2.05) is 10.9 Å². The lowest BCUT2D eigenvalue weighted by atomic mass is 10.1. The van der Waals surface area contributed by atoms with E-state index in [4.69, 9.17) is 0 Å². The second-order valence-electron chi connectivity index (χ2n) is 5.57. The Morgan fingerprint density at radius 3 is 2.81 bits per heavy atom. The number of anilines is 1. The zero-order valence-electron chi connectivity index (χ0n) is 11.8. The molecule has 110 valence electrons.